The van der Waals surface area contributed by atoms with E-state index in [0.717, 1.165) is 38.7 Å². The van der Waals surface area contributed by atoms with Gasteiger partial charge in [-0.05, 0) is 31.9 Å². The molecule has 2 rings (SSSR count). The van der Waals surface area contributed by atoms with Crippen LogP contribution in [0, 0.1) is 0 Å². The molecule has 0 atom stereocenters. The minimum Gasteiger partial charge on any atom is -0.380 e. The summed E-state index contributed by atoms with van der Waals surface area (Å²) in [6.07, 6.45) is 4.23. The fourth-order valence-corrected chi connectivity index (χ4v) is 2.33. The first kappa shape index (κ1) is 13.3. The molecule has 4 heteroatoms. The summed E-state index contributed by atoms with van der Waals surface area (Å²) >= 11 is 0. The molecular formula is C14H23N3O. The van der Waals surface area contributed by atoms with Gasteiger partial charge < -0.3 is 15.0 Å². The number of anilines is 1. The Kier molecular flexibility index (Phi) is 5.42. The van der Waals surface area contributed by atoms with Gasteiger partial charge in [-0.1, -0.05) is 6.07 Å². The molecule has 1 N–H and O–H groups in total. The maximum absolute atomic E-state index is 5.33. The van der Waals surface area contributed by atoms with Gasteiger partial charge in [-0.25, -0.2) is 4.98 Å². The Balaban J connectivity index is 1.68. The third kappa shape index (κ3) is 3.96. The monoisotopic (exact) mass is 249 g/mol. The summed E-state index contributed by atoms with van der Waals surface area (Å²) in [7, 11) is 0. The summed E-state index contributed by atoms with van der Waals surface area (Å²) in [5.41, 5.74) is 0. The van der Waals surface area contributed by atoms with Crippen LogP contribution < -0.4 is 10.2 Å². The second-order valence-corrected chi connectivity index (χ2v) is 4.60. The zero-order chi connectivity index (χ0) is 12.6. The molecule has 100 valence electrons. The van der Waals surface area contributed by atoms with Gasteiger partial charge in [0.25, 0.3) is 0 Å². The molecule has 0 bridgehead atoms. The van der Waals surface area contributed by atoms with Gasteiger partial charge in [-0.2, -0.15) is 0 Å². The second-order valence-electron chi connectivity index (χ2n) is 4.60. The molecule has 1 aliphatic rings. The lowest BCUT2D eigenvalue weighted by Crippen LogP contribution is -2.43. The van der Waals surface area contributed by atoms with Gasteiger partial charge in [-0.15, -0.1) is 0 Å². The van der Waals surface area contributed by atoms with Crippen molar-refractivity contribution in [3.63, 3.8) is 0 Å². The lowest BCUT2D eigenvalue weighted by atomic mass is 10.1. The van der Waals surface area contributed by atoms with Crippen molar-refractivity contribution in [3.05, 3.63) is 24.4 Å². The van der Waals surface area contributed by atoms with E-state index in [9.17, 15) is 0 Å². The number of rotatable bonds is 6. The van der Waals surface area contributed by atoms with Crippen molar-refractivity contribution in [2.45, 2.75) is 25.8 Å². The van der Waals surface area contributed by atoms with E-state index < -0.39 is 0 Å². The topological polar surface area (TPSA) is 37.4 Å². The smallest absolute Gasteiger partial charge is 0.128 e. The van der Waals surface area contributed by atoms with E-state index in [2.05, 4.69) is 27.3 Å². The molecule has 1 aromatic rings. The third-order valence-corrected chi connectivity index (χ3v) is 3.35. The van der Waals surface area contributed by atoms with Gasteiger partial charge in [0, 0.05) is 38.5 Å². The van der Waals surface area contributed by atoms with Gasteiger partial charge in [0.15, 0.2) is 0 Å². The number of nitrogens with zero attached hydrogens (tertiary/aromatic N) is 2. The maximum atomic E-state index is 5.33. The number of ether oxygens (including phenoxy) is 1. The van der Waals surface area contributed by atoms with E-state index in [-0.39, 0.29) is 0 Å². The van der Waals surface area contributed by atoms with Crippen molar-refractivity contribution in [1.29, 1.82) is 0 Å². The summed E-state index contributed by atoms with van der Waals surface area (Å²) in [5, 5.41) is 3.56. The molecule has 0 saturated carbocycles. The van der Waals surface area contributed by atoms with E-state index in [1.807, 2.05) is 19.2 Å². The molecule has 1 saturated heterocycles. The normalized spacial score (nSPS) is 17.1. The zero-order valence-electron chi connectivity index (χ0n) is 11.1. The number of hydrogen-bond acceptors (Lipinski definition) is 4. The molecule has 0 aliphatic carbocycles. The van der Waals surface area contributed by atoms with Gasteiger partial charge in [0.05, 0.1) is 6.61 Å². The third-order valence-electron chi connectivity index (χ3n) is 3.35. The second kappa shape index (κ2) is 7.34. The molecule has 0 aromatic carbocycles. The predicted molar refractivity (Wildman–Crippen MR) is 74.0 cm³/mol. The molecule has 1 aromatic heterocycles. The highest BCUT2D eigenvalue weighted by Gasteiger charge is 2.19. The average molecular weight is 249 g/mol. The predicted octanol–water partition coefficient (Wildman–Crippen LogP) is 1.68. The van der Waals surface area contributed by atoms with Gasteiger partial charge in [0.2, 0.25) is 0 Å². The fourth-order valence-electron chi connectivity index (χ4n) is 2.33. The number of aromatic nitrogens is 1. The first-order valence-electron chi connectivity index (χ1n) is 6.87. The standard InChI is InChI=1S/C14H23N3O/c1-2-18-12-9-15-13-6-10-17(11-7-13)14-5-3-4-8-16-14/h3-5,8,13,15H,2,6-7,9-12H2,1H3. The van der Waals surface area contributed by atoms with Gasteiger partial charge in [0.1, 0.15) is 5.82 Å². The minimum atomic E-state index is 0.630. The van der Waals surface area contributed by atoms with Crippen LogP contribution in [0.5, 0.6) is 0 Å². The first-order valence-corrected chi connectivity index (χ1v) is 6.87. The first-order chi connectivity index (χ1) is 8.90. The van der Waals surface area contributed by atoms with Crippen molar-refractivity contribution >= 4 is 5.82 Å². The molecule has 0 radical (unpaired) electrons. The summed E-state index contributed by atoms with van der Waals surface area (Å²) in [4.78, 5) is 6.76. The van der Waals surface area contributed by atoms with Crippen LogP contribution in [0.1, 0.15) is 19.8 Å². The Morgan fingerprint density at radius 1 is 1.39 bits per heavy atom. The summed E-state index contributed by atoms with van der Waals surface area (Å²) in [5.74, 6) is 1.10. The number of hydrogen-bond donors (Lipinski definition) is 1. The number of piperidine rings is 1. The van der Waals surface area contributed by atoms with Crippen molar-refractivity contribution in [2.24, 2.45) is 0 Å². The summed E-state index contributed by atoms with van der Waals surface area (Å²) in [6.45, 7) is 6.79. The Labute approximate surface area is 109 Å². The Bertz CT molecular complexity index is 323. The van der Waals surface area contributed by atoms with E-state index >= 15 is 0 Å². The molecule has 2 heterocycles. The van der Waals surface area contributed by atoms with E-state index in [1.165, 1.54) is 12.8 Å². The van der Waals surface area contributed by atoms with Gasteiger partial charge >= 0.3 is 0 Å². The Hall–Kier alpha value is -1.13. The Morgan fingerprint density at radius 2 is 2.22 bits per heavy atom. The van der Waals surface area contributed by atoms with E-state index in [4.69, 9.17) is 4.74 Å². The lowest BCUT2D eigenvalue weighted by Gasteiger charge is -2.33. The zero-order valence-corrected chi connectivity index (χ0v) is 11.1. The van der Waals surface area contributed by atoms with Crippen LogP contribution in [0.3, 0.4) is 0 Å². The molecule has 0 spiro atoms. The number of nitrogens with one attached hydrogen (secondary N) is 1. The Morgan fingerprint density at radius 3 is 2.89 bits per heavy atom. The lowest BCUT2D eigenvalue weighted by molar-refractivity contribution is 0.145. The highest BCUT2D eigenvalue weighted by atomic mass is 16.5. The fraction of sp³-hybridized carbons (Fsp3) is 0.643. The van der Waals surface area contributed by atoms with Crippen LogP contribution in [-0.4, -0.2) is 43.9 Å². The quantitative estimate of drug-likeness (QED) is 0.778. The van der Waals surface area contributed by atoms with Crippen LogP contribution in [-0.2, 0) is 4.74 Å². The molecular weight excluding hydrogens is 226 g/mol. The maximum Gasteiger partial charge on any atom is 0.128 e. The van der Waals surface area contributed by atoms with Crippen molar-refractivity contribution in [1.82, 2.24) is 10.3 Å². The molecule has 1 fully saturated rings. The molecule has 1 aliphatic heterocycles. The highest BCUT2D eigenvalue weighted by Crippen LogP contribution is 2.16. The molecule has 18 heavy (non-hydrogen) atoms. The molecule has 0 amide bonds. The van der Waals surface area contributed by atoms with Crippen LogP contribution in [0.25, 0.3) is 0 Å². The van der Waals surface area contributed by atoms with Crippen LogP contribution in [0.2, 0.25) is 0 Å². The van der Waals surface area contributed by atoms with E-state index in [1.54, 1.807) is 0 Å². The van der Waals surface area contributed by atoms with Crippen molar-refractivity contribution < 1.29 is 4.74 Å². The molecule has 0 unspecified atom stereocenters. The number of pyridine rings is 1. The van der Waals surface area contributed by atoms with Crippen molar-refractivity contribution in [3.8, 4) is 0 Å². The van der Waals surface area contributed by atoms with Gasteiger partial charge in [-0.3, -0.25) is 0 Å². The van der Waals surface area contributed by atoms with Crippen molar-refractivity contribution in [2.75, 3.05) is 37.7 Å². The highest BCUT2D eigenvalue weighted by molar-refractivity contribution is 5.38. The average Bonchev–Trinajstić information content (AvgIpc) is 2.45. The van der Waals surface area contributed by atoms with Crippen LogP contribution >= 0.6 is 0 Å². The van der Waals surface area contributed by atoms with Crippen LogP contribution in [0.4, 0.5) is 5.82 Å². The summed E-state index contributed by atoms with van der Waals surface area (Å²) in [6, 6.07) is 6.73. The minimum absolute atomic E-state index is 0.630. The molecule has 4 nitrogen and oxygen atoms in total. The largest absolute Gasteiger partial charge is 0.380 e. The van der Waals surface area contributed by atoms with E-state index in [0.29, 0.717) is 6.04 Å². The summed E-state index contributed by atoms with van der Waals surface area (Å²) < 4.78 is 5.33. The SMILES string of the molecule is CCOCCNC1CCN(c2ccccn2)CC1. The van der Waals surface area contributed by atoms with Crippen LogP contribution in [0.15, 0.2) is 24.4 Å².